The van der Waals surface area contributed by atoms with E-state index < -0.39 is 33.1 Å². The fourth-order valence-corrected chi connectivity index (χ4v) is 8.54. The Labute approximate surface area is 222 Å². The number of piperidine rings is 2. The topological polar surface area (TPSA) is 117 Å². The van der Waals surface area contributed by atoms with Crippen molar-refractivity contribution in [1.29, 1.82) is 0 Å². The number of aliphatic hydroxyl groups is 1. The average molecular weight is 524 g/mol. The Kier molecular flexibility index (Phi) is 4.72. The van der Waals surface area contributed by atoms with Crippen molar-refractivity contribution in [2.75, 3.05) is 11.9 Å². The second kappa shape index (κ2) is 7.11. The Morgan fingerprint density at radius 3 is 2.47 bits per heavy atom. The predicted octanol–water partition coefficient (Wildman–Crippen LogP) is 3.01. The number of anilines is 1. The van der Waals surface area contributed by atoms with Crippen molar-refractivity contribution < 1.29 is 29.0 Å². The Balaban J connectivity index is 0.00000129. The smallest absolute Gasteiger partial charge is 0.249 e. The number of benzene rings is 1. The lowest BCUT2D eigenvalue weighted by Gasteiger charge is -2.62. The van der Waals surface area contributed by atoms with Gasteiger partial charge >= 0.3 is 0 Å². The highest BCUT2D eigenvalue weighted by molar-refractivity contribution is 6.10. The number of carbonyl (C=O) groups excluding carboxylic acids is 3. The van der Waals surface area contributed by atoms with E-state index in [1.807, 2.05) is 45.9 Å². The normalized spacial score (nSPS) is 40.1. The molecule has 4 saturated heterocycles. The summed E-state index contributed by atoms with van der Waals surface area (Å²) in [7, 11) is 0. The third-order valence-electron chi connectivity index (χ3n) is 10.3. The lowest BCUT2D eigenvalue weighted by molar-refractivity contribution is -0.181. The van der Waals surface area contributed by atoms with Crippen molar-refractivity contribution in [3.05, 3.63) is 30.0 Å². The number of nitrogens with zero attached hydrogens (tertiary/aromatic N) is 1. The highest BCUT2D eigenvalue weighted by Crippen LogP contribution is 2.71. The lowest BCUT2D eigenvalue weighted by Crippen LogP contribution is -2.82. The summed E-state index contributed by atoms with van der Waals surface area (Å²) >= 11 is 0. The molecular formula is C29H37N3O6. The second-order valence-electron chi connectivity index (χ2n) is 12.9. The molecule has 9 heteroatoms. The van der Waals surface area contributed by atoms with Gasteiger partial charge in [-0.15, -0.1) is 0 Å². The highest BCUT2D eigenvalue weighted by atomic mass is 16.5. The molecule has 0 aromatic heterocycles. The molecule has 204 valence electrons. The van der Waals surface area contributed by atoms with Gasteiger partial charge in [0.15, 0.2) is 17.0 Å². The van der Waals surface area contributed by atoms with Crippen molar-refractivity contribution in [2.45, 2.75) is 95.4 Å². The molecule has 3 amide bonds. The minimum Gasteiger partial charge on any atom is -0.480 e. The van der Waals surface area contributed by atoms with Crippen LogP contribution in [0.4, 0.5) is 5.69 Å². The van der Waals surface area contributed by atoms with E-state index in [2.05, 4.69) is 24.5 Å². The number of nitrogens with one attached hydrogen (secondary N) is 2. The molecule has 1 aromatic rings. The summed E-state index contributed by atoms with van der Waals surface area (Å²) in [6, 6.07) is 3.78. The average Bonchev–Trinajstić information content (AvgIpc) is 3.24. The van der Waals surface area contributed by atoms with Gasteiger partial charge in [0, 0.05) is 6.54 Å². The van der Waals surface area contributed by atoms with E-state index in [1.54, 1.807) is 18.1 Å². The first-order valence-electron chi connectivity index (χ1n) is 13.6. The predicted molar refractivity (Wildman–Crippen MR) is 140 cm³/mol. The number of hydrogen-bond donors (Lipinski definition) is 3. The van der Waals surface area contributed by atoms with E-state index in [1.165, 1.54) is 0 Å². The maximum absolute atomic E-state index is 14.0. The first-order chi connectivity index (χ1) is 17.7. The molecule has 38 heavy (non-hydrogen) atoms. The number of piperazine rings is 1. The summed E-state index contributed by atoms with van der Waals surface area (Å²) in [5.74, 6) is 0.189. The minimum atomic E-state index is -1.48. The fraction of sp³-hybridized carbons (Fsp3) is 0.621. The molecule has 6 aliphatic heterocycles. The molecule has 1 saturated carbocycles. The van der Waals surface area contributed by atoms with Gasteiger partial charge < -0.3 is 30.1 Å². The van der Waals surface area contributed by atoms with Gasteiger partial charge in [-0.25, -0.2) is 0 Å². The van der Waals surface area contributed by atoms with Gasteiger partial charge in [-0.1, -0.05) is 33.8 Å². The van der Waals surface area contributed by atoms with Crippen LogP contribution in [-0.4, -0.2) is 56.6 Å². The van der Waals surface area contributed by atoms with Gasteiger partial charge in [-0.3, -0.25) is 14.4 Å². The zero-order valence-electron chi connectivity index (χ0n) is 23.2. The van der Waals surface area contributed by atoms with E-state index in [-0.39, 0.29) is 36.6 Å². The molecule has 0 unspecified atom stereocenters. The molecule has 3 N–H and O–H groups in total. The summed E-state index contributed by atoms with van der Waals surface area (Å²) in [4.78, 5) is 42.2. The molecule has 2 bridgehead atoms. The van der Waals surface area contributed by atoms with Crippen molar-refractivity contribution in [2.24, 2.45) is 11.3 Å². The molecule has 5 fully saturated rings. The van der Waals surface area contributed by atoms with E-state index in [4.69, 9.17) is 9.47 Å². The summed E-state index contributed by atoms with van der Waals surface area (Å²) in [5.41, 5.74) is -4.32. The zero-order valence-corrected chi connectivity index (χ0v) is 23.2. The monoisotopic (exact) mass is 523 g/mol. The highest BCUT2D eigenvalue weighted by Gasteiger charge is 2.81. The van der Waals surface area contributed by atoms with Gasteiger partial charge in [-0.05, 0) is 62.7 Å². The third kappa shape index (κ3) is 2.59. The van der Waals surface area contributed by atoms with Crippen LogP contribution in [0.3, 0.4) is 0 Å². The van der Waals surface area contributed by atoms with Crippen LogP contribution in [0.15, 0.2) is 24.5 Å². The number of hydrogen-bond acceptors (Lipinski definition) is 6. The van der Waals surface area contributed by atoms with Crippen molar-refractivity contribution in [3.8, 4) is 11.5 Å². The van der Waals surface area contributed by atoms with Crippen LogP contribution < -0.4 is 20.1 Å². The molecule has 7 aliphatic rings. The summed E-state index contributed by atoms with van der Waals surface area (Å²) in [5, 5.41) is 17.7. The number of carbonyl (C=O) groups is 3. The molecule has 8 rings (SSSR count). The summed E-state index contributed by atoms with van der Waals surface area (Å²) < 4.78 is 12.1. The van der Waals surface area contributed by atoms with E-state index >= 15 is 0 Å². The Morgan fingerprint density at radius 1 is 1.05 bits per heavy atom. The quantitative estimate of drug-likeness (QED) is 0.481. The number of ether oxygens (including phenoxy) is 2. The summed E-state index contributed by atoms with van der Waals surface area (Å²) in [6.07, 6.45) is 4.00. The number of rotatable bonds is 0. The van der Waals surface area contributed by atoms with Crippen LogP contribution in [0.5, 0.6) is 11.5 Å². The molecule has 5 atom stereocenters. The zero-order chi connectivity index (χ0) is 27.7. The number of amides is 3. The molecule has 0 radical (unpaired) electrons. The van der Waals surface area contributed by atoms with Crippen LogP contribution >= 0.6 is 0 Å². The van der Waals surface area contributed by atoms with Crippen LogP contribution in [0.2, 0.25) is 0 Å². The summed E-state index contributed by atoms with van der Waals surface area (Å²) in [6.45, 7) is 13.9. The van der Waals surface area contributed by atoms with E-state index in [0.717, 1.165) is 5.56 Å². The molecular weight excluding hydrogens is 486 g/mol. The van der Waals surface area contributed by atoms with Crippen LogP contribution in [-0.2, 0) is 19.8 Å². The molecule has 1 aromatic carbocycles. The van der Waals surface area contributed by atoms with Crippen LogP contribution in [0.25, 0.3) is 0 Å². The van der Waals surface area contributed by atoms with Crippen LogP contribution in [0.1, 0.15) is 73.3 Å². The largest absolute Gasteiger partial charge is 0.480 e. The van der Waals surface area contributed by atoms with Crippen LogP contribution in [0, 0.1) is 11.3 Å². The molecule has 6 heterocycles. The van der Waals surface area contributed by atoms with E-state index in [0.29, 0.717) is 30.0 Å². The first kappa shape index (κ1) is 25.2. The van der Waals surface area contributed by atoms with Crippen molar-refractivity contribution in [1.82, 2.24) is 10.2 Å². The lowest BCUT2D eigenvalue weighted by atomic mass is 9.56. The van der Waals surface area contributed by atoms with E-state index in [9.17, 15) is 19.5 Å². The van der Waals surface area contributed by atoms with Crippen molar-refractivity contribution >= 4 is 23.4 Å². The van der Waals surface area contributed by atoms with Gasteiger partial charge in [0.25, 0.3) is 0 Å². The fourth-order valence-electron chi connectivity index (χ4n) is 8.54. The molecule has 1 aliphatic carbocycles. The Bertz CT molecular complexity index is 1330. The second-order valence-corrected chi connectivity index (χ2v) is 12.9. The third-order valence-corrected chi connectivity index (χ3v) is 10.3. The standard InChI is InChI=1S/C27H31N3O6.C2H6/c1-22(2)8-9-35-19-15(36-22)7-6-14-18(19)28-20(32)26(14)12-25-13-30-17(31)11-24(5,34)27(30,21(33)29-25)10-16(25)23(26,3)4;1-2/h6-9,16,34H,10-13H2,1-5H3,(H,28,32)(H,29,33);1-2H3/t16-,24+,25+,26+,27-;/m0./s1. The SMILES string of the molecule is CC.CC1(C)C=COc2c(ccc3c2NC(=O)[C@@]32C[C@@]34CN5C(=O)C[C@@](C)(O)[C@]5(C[C@H]3C2(C)C)C(=O)N4)O1. The number of fused-ring (bicyclic) bond motifs is 5. The maximum atomic E-state index is 14.0. The Morgan fingerprint density at radius 2 is 1.76 bits per heavy atom. The Hall–Kier alpha value is -3.07. The molecule has 9 nitrogen and oxygen atoms in total. The van der Waals surface area contributed by atoms with Gasteiger partial charge in [0.2, 0.25) is 17.7 Å². The van der Waals surface area contributed by atoms with Crippen molar-refractivity contribution in [3.63, 3.8) is 0 Å². The maximum Gasteiger partial charge on any atom is 0.249 e. The first-order valence-corrected chi connectivity index (χ1v) is 13.6. The van der Waals surface area contributed by atoms with Gasteiger partial charge in [0.05, 0.1) is 29.3 Å². The minimum absolute atomic E-state index is 0.0779. The van der Waals surface area contributed by atoms with Gasteiger partial charge in [0.1, 0.15) is 11.2 Å². The molecule has 3 spiro atoms. The van der Waals surface area contributed by atoms with Gasteiger partial charge in [-0.2, -0.15) is 0 Å².